The van der Waals surface area contributed by atoms with E-state index in [1.807, 2.05) is 6.92 Å². The lowest BCUT2D eigenvalue weighted by atomic mass is 10.1. The topological polar surface area (TPSA) is 73.1 Å². The first-order valence-electron chi connectivity index (χ1n) is 6.47. The summed E-state index contributed by atoms with van der Waals surface area (Å²) in [5.41, 5.74) is 2.48. The Morgan fingerprint density at radius 2 is 2.21 bits per heavy atom. The molecule has 0 unspecified atom stereocenters. The maximum Gasteiger partial charge on any atom is 0.241 e. The summed E-state index contributed by atoms with van der Waals surface area (Å²) in [4.78, 5) is 10.7. The number of hydrazine groups is 1. The van der Waals surface area contributed by atoms with E-state index in [-0.39, 0.29) is 0 Å². The first-order valence-corrected chi connectivity index (χ1v) is 7.29. The average Bonchev–Trinajstić information content (AvgIpc) is 2.74. The van der Waals surface area contributed by atoms with Gasteiger partial charge in [0, 0.05) is 4.88 Å². The van der Waals surface area contributed by atoms with E-state index in [0.29, 0.717) is 24.4 Å². The number of nitrogen functional groups attached to an aromatic ring is 1. The molecule has 2 aromatic heterocycles. The van der Waals surface area contributed by atoms with Gasteiger partial charge >= 0.3 is 0 Å². The first-order chi connectivity index (χ1) is 9.10. The Labute approximate surface area is 117 Å². The van der Waals surface area contributed by atoms with Crippen LogP contribution in [0, 0.1) is 12.8 Å². The van der Waals surface area contributed by atoms with E-state index in [1.54, 1.807) is 11.3 Å². The molecule has 5 nitrogen and oxygen atoms in total. The predicted octanol–water partition coefficient (Wildman–Crippen LogP) is 3.10. The second-order valence-electron chi connectivity index (χ2n) is 4.96. The number of fused-ring (bicyclic) bond motifs is 1. The average molecular weight is 280 g/mol. The second-order valence-corrected chi connectivity index (χ2v) is 6.19. The summed E-state index contributed by atoms with van der Waals surface area (Å²) in [6.45, 7) is 7.14. The van der Waals surface area contributed by atoms with Crippen LogP contribution in [0.5, 0.6) is 5.88 Å². The van der Waals surface area contributed by atoms with Gasteiger partial charge in [-0.3, -0.25) is 5.43 Å². The van der Waals surface area contributed by atoms with Crippen LogP contribution < -0.4 is 16.0 Å². The number of aromatic nitrogens is 2. The number of hydrogen-bond acceptors (Lipinski definition) is 6. The summed E-state index contributed by atoms with van der Waals surface area (Å²) in [6.07, 6.45) is 2.18. The van der Waals surface area contributed by atoms with Crippen molar-refractivity contribution in [2.24, 2.45) is 11.8 Å². The van der Waals surface area contributed by atoms with E-state index >= 15 is 0 Å². The van der Waals surface area contributed by atoms with Crippen molar-refractivity contribution in [2.75, 3.05) is 12.0 Å². The summed E-state index contributed by atoms with van der Waals surface area (Å²) in [5.74, 6) is 7.09. The fourth-order valence-corrected chi connectivity index (χ4v) is 2.72. The molecule has 0 aliphatic rings. The Morgan fingerprint density at radius 3 is 2.89 bits per heavy atom. The first kappa shape index (κ1) is 14.0. The SMILES string of the molecule is Cc1cc2c(OCCCC(C)C)nc(NN)nc2s1. The predicted molar refractivity (Wildman–Crippen MR) is 79.5 cm³/mol. The van der Waals surface area contributed by atoms with Gasteiger partial charge < -0.3 is 4.74 Å². The lowest BCUT2D eigenvalue weighted by molar-refractivity contribution is 0.291. The minimum atomic E-state index is 0.396. The summed E-state index contributed by atoms with van der Waals surface area (Å²) >= 11 is 1.61. The Bertz CT molecular complexity index is 553. The maximum absolute atomic E-state index is 5.79. The van der Waals surface area contributed by atoms with Gasteiger partial charge in [0.2, 0.25) is 11.8 Å². The Kier molecular flexibility index (Phi) is 4.55. The van der Waals surface area contributed by atoms with Gasteiger partial charge in [-0.2, -0.15) is 4.98 Å². The zero-order chi connectivity index (χ0) is 13.8. The molecule has 3 N–H and O–H groups in total. The van der Waals surface area contributed by atoms with Crippen LogP contribution >= 0.6 is 11.3 Å². The quantitative estimate of drug-likeness (QED) is 0.483. The molecule has 0 spiro atoms. The highest BCUT2D eigenvalue weighted by atomic mass is 32.1. The van der Waals surface area contributed by atoms with Crippen molar-refractivity contribution in [1.29, 1.82) is 0 Å². The van der Waals surface area contributed by atoms with Gasteiger partial charge in [-0.15, -0.1) is 11.3 Å². The third-order valence-electron chi connectivity index (χ3n) is 2.77. The molecule has 0 atom stereocenters. The zero-order valence-corrected chi connectivity index (χ0v) is 12.4. The van der Waals surface area contributed by atoms with Gasteiger partial charge in [0.05, 0.1) is 12.0 Å². The molecule has 0 amide bonds. The van der Waals surface area contributed by atoms with Crippen LogP contribution in [0.1, 0.15) is 31.6 Å². The van der Waals surface area contributed by atoms with E-state index in [2.05, 4.69) is 35.3 Å². The molecule has 0 aliphatic heterocycles. The van der Waals surface area contributed by atoms with Crippen LogP contribution in [0.15, 0.2) is 6.07 Å². The van der Waals surface area contributed by atoms with Crippen molar-refractivity contribution in [2.45, 2.75) is 33.6 Å². The molecule has 0 saturated heterocycles. The number of nitrogens with one attached hydrogen (secondary N) is 1. The molecule has 2 heterocycles. The highest BCUT2D eigenvalue weighted by Crippen LogP contribution is 2.30. The van der Waals surface area contributed by atoms with Gasteiger partial charge in [-0.25, -0.2) is 10.8 Å². The van der Waals surface area contributed by atoms with Crippen LogP contribution in [0.3, 0.4) is 0 Å². The number of nitrogens with zero attached hydrogens (tertiary/aromatic N) is 2. The largest absolute Gasteiger partial charge is 0.477 e. The molecule has 0 radical (unpaired) electrons. The highest BCUT2D eigenvalue weighted by molar-refractivity contribution is 7.18. The molecule has 19 heavy (non-hydrogen) atoms. The molecular formula is C13H20N4OS. The number of thiophene rings is 1. The number of hydrogen-bond donors (Lipinski definition) is 2. The minimum Gasteiger partial charge on any atom is -0.477 e. The fraction of sp³-hybridized carbons (Fsp3) is 0.538. The van der Waals surface area contributed by atoms with Crippen LogP contribution in [-0.2, 0) is 0 Å². The van der Waals surface area contributed by atoms with Gasteiger partial charge in [-0.05, 0) is 31.7 Å². The Hall–Kier alpha value is -1.40. The Morgan fingerprint density at radius 1 is 1.42 bits per heavy atom. The lowest BCUT2D eigenvalue weighted by Gasteiger charge is -2.08. The third-order valence-corrected chi connectivity index (χ3v) is 3.72. The van der Waals surface area contributed by atoms with E-state index in [4.69, 9.17) is 10.6 Å². The van der Waals surface area contributed by atoms with Gasteiger partial charge in [-0.1, -0.05) is 13.8 Å². The summed E-state index contributed by atoms with van der Waals surface area (Å²) < 4.78 is 5.79. The van der Waals surface area contributed by atoms with Gasteiger partial charge in [0.25, 0.3) is 0 Å². The van der Waals surface area contributed by atoms with Crippen molar-refractivity contribution in [3.63, 3.8) is 0 Å². The summed E-state index contributed by atoms with van der Waals surface area (Å²) in [7, 11) is 0. The highest BCUT2D eigenvalue weighted by Gasteiger charge is 2.11. The molecule has 2 aromatic rings. The lowest BCUT2D eigenvalue weighted by Crippen LogP contribution is -2.11. The van der Waals surface area contributed by atoms with Crippen molar-refractivity contribution in [3.8, 4) is 5.88 Å². The van der Waals surface area contributed by atoms with Crippen LogP contribution in [0.2, 0.25) is 0 Å². The standard InChI is InChI=1S/C13H20N4OS/c1-8(2)5-4-6-18-11-10-7-9(3)19-12(10)16-13(15-11)17-14/h7-8H,4-6,14H2,1-3H3,(H,15,16,17). The van der Waals surface area contributed by atoms with Crippen molar-refractivity contribution in [1.82, 2.24) is 9.97 Å². The van der Waals surface area contributed by atoms with E-state index in [0.717, 1.165) is 23.1 Å². The van der Waals surface area contributed by atoms with Crippen LogP contribution in [-0.4, -0.2) is 16.6 Å². The smallest absolute Gasteiger partial charge is 0.241 e. The molecule has 0 aliphatic carbocycles. The minimum absolute atomic E-state index is 0.396. The molecule has 2 rings (SSSR count). The molecule has 0 saturated carbocycles. The van der Waals surface area contributed by atoms with Gasteiger partial charge in [0.1, 0.15) is 4.83 Å². The van der Waals surface area contributed by atoms with Gasteiger partial charge in [0.15, 0.2) is 0 Å². The maximum atomic E-state index is 5.79. The zero-order valence-electron chi connectivity index (χ0n) is 11.6. The summed E-state index contributed by atoms with van der Waals surface area (Å²) in [5, 5.41) is 0.964. The normalized spacial score (nSPS) is 11.2. The van der Waals surface area contributed by atoms with Crippen molar-refractivity contribution >= 4 is 27.5 Å². The van der Waals surface area contributed by atoms with Crippen LogP contribution in [0.25, 0.3) is 10.2 Å². The van der Waals surface area contributed by atoms with E-state index < -0.39 is 0 Å². The number of anilines is 1. The summed E-state index contributed by atoms with van der Waals surface area (Å²) in [6, 6.07) is 2.05. The number of rotatable bonds is 6. The molecule has 104 valence electrons. The third kappa shape index (κ3) is 3.54. The monoisotopic (exact) mass is 280 g/mol. The number of ether oxygens (including phenoxy) is 1. The fourth-order valence-electron chi connectivity index (χ4n) is 1.85. The number of aryl methyl sites for hydroxylation is 1. The van der Waals surface area contributed by atoms with Crippen molar-refractivity contribution in [3.05, 3.63) is 10.9 Å². The molecule has 0 aromatic carbocycles. The van der Waals surface area contributed by atoms with E-state index in [9.17, 15) is 0 Å². The van der Waals surface area contributed by atoms with E-state index in [1.165, 1.54) is 4.88 Å². The van der Waals surface area contributed by atoms with Crippen LogP contribution in [0.4, 0.5) is 5.95 Å². The number of nitrogens with two attached hydrogens (primary N) is 1. The molecule has 0 bridgehead atoms. The Balaban J connectivity index is 2.15. The molecule has 0 fully saturated rings. The molecule has 6 heteroatoms. The molecular weight excluding hydrogens is 260 g/mol. The second kappa shape index (κ2) is 6.16. The van der Waals surface area contributed by atoms with Crippen molar-refractivity contribution < 1.29 is 4.74 Å².